The largest absolute Gasteiger partial charge is 0.341 e. The van der Waals surface area contributed by atoms with Crippen LogP contribution in [-0.4, -0.2) is 86.8 Å². The first kappa shape index (κ1) is 24.3. The molecule has 0 N–H and O–H groups in total. The number of sulfonamides is 1. The van der Waals surface area contributed by atoms with Gasteiger partial charge in [0.25, 0.3) is 5.91 Å². The van der Waals surface area contributed by atoms with Gasteiger partial charge >= 0.3 is 0 Å². The summed E-state index contributed by atoms with van der Waals surface area (Å²) in [6.45, 7) is 3.75. The molecule has 1 amide bonds. The van der Waals surface area contributed by atoms with E-state index in [1.807, 2.05) is 43.4 Å². The number of likely N-dealkylation sites (tertiary alicyclic amines) is 1. The Morgan fingerprint density at radius 2 is 1.79 bits per heavy atom. The molecular weight excluding hydrogens is 454 g/mol. The van der Waals surface area contributed by atoms with Gasteiger partial charge in [-0.1, -0.05) is 30.3 Å². The van der Waals surface area contributed by atoms with Crippen molar-refractivity contribution in [1.29, 1.82) is 0 Å². The SMILES string of the molecule is CN1CCCC(CN(C)C(=O)c2cc(-c3ccccc3)cc(S(=O)(=O)N3CCSCC3)c2)C1. The molecule has 2 aliphatic rings. The molecule has 0 aromatic heterocycles. The van der Waals surface area contributed by atoms with Gasteiger partial charge in [-0.3, -0.25) is 4.79 Å². The second-order valence-electron chi connectivity index (χ2n) is 9.08. The van der Waals surface area contributed by atoms with E-state index < -0.39 is 10.0 Å². The zero-order chi connectivity index (χ0) is 23.4. The molecule has 6 nitrogen and oxygen atoms in total. The van der Waals surface area contributed by atoms with Crippen LogP contribution in [0.2, 0.25) is 0 Å². The van der Waals surface area contributed by atoms with Crippen LogP contribution < -0.4 is 0 Å². The Labute approximate surface area is 202 Å². The predicted molar refractivity (Wildman–Crippen MR) is 135 cm³/mol. The van der Waals surface area contributed by atoms with Crippen molar-refractivity contribution in [2.75, 3.05) is 58.3 Å². The Bertz CT molecular complexity index is 1070. The Hall–Kier alpha value is -1.87. The summed E-state index contributed by atoms with van der Waals surface area (Å²) in [5.74, 6) is 1.89. The fourth-order valence-electron chi connectivity index (χ4n) is 4.72. The summed E-state index contributed by atoms with van der Waals surface area (Å²) in [7, 11) is 0.274. The van der Waals surface area contributed by atoms with Crippen molar-refractivity contribution in [3.63, 3.8) is 0 Å². The summed E-state index contributed by atoms with van der Waals surface area (Å²) >= 11 is 1.77. The normalized spacial score (nSPS) is 20.5. The molecule has 1 atom stereocenters. The molecule has 2 aromatic carbocycles. The van der Waals surface area contributed by atoms with Gasteiger partial charge in [0.15, 0.2) is 0 Å². The van der Waals surface area contributed by atoms with Gasteiger partial charge in [-0.25, -0.2) is 8.42 Å². The molecule has 2 saturated heterocycles. The van der Waals surface area contributed by atoms with Crippen molar-refractivity contribution in [1.82, 2.24) is 14.1 Å². The molecule has 1 unspecified atom stereocenters. The van der Waals surface area contributed by atoms with Gasteiger partial charge in [0.05, 0.1) is 4.90 Å². The zero-order valence-corrected chi connectivity index (χ0v) is 21.1. The molecule has 0 spiro atoms. The number of benzene rings is 2. The molecule has 0 bridgehead atoms. The predicted octanol–water partition coefficient (Wildman–Crippen LogP) is 3.50. The molecule has 2 fully saturated rings. The van der Waals surface area contributed by atoms with Crippen LogP contribution in [0.25, 0.3) is 11.1 Å². The molecule has 178 valence electrons. The van der Waals surface area contributed by atoms with Crippen molar-refractivity contribution < 1.29 is 13.2 Å². The van der Waals surface area contributed by atoms with Gasteiger partial charge in [0.2, 0.25) is 10.0 Å². The summed E-state index contributed by atoms with van der Waals surface area (Å²) in [4.78, 5) is 17.7. The van der Waals surface area contributed by atoms with Crippen molar-refractivity contribution in [3.8, 4) is 11.1 Å². The number of thioether (sulfide) groups is 1. The van der Waals surface area contributed by atoms with E-state index in [-0.39, 0.29) is 10.8 Å². The van der Waals surface area contributed by atoms with Crippen molar-refractivity contribution >= 4 is 27.7 Å². The minimum absolute atomic E-state index is 0.133. The van der Waals surface area contributed by atoms with Gasteiger partial charge in [-0.15, -0.1) is 0 Å². The van der Waals surface area contributed by atoms with Gasteiger partial charge in [-0.05, 0) is 61.7 Å². The standard InChI is InChI=1S/C25H33N3O3S2/c1-26-10-6-7-20(18-26)19-27(2)25(29)23-15-22(21-8-4-3-5-9-21)16-24(17-23)33(30,31)28-11-13-32-14-12-28/h3-5,8-9,15-17,20H,6-7,10-14,18-19H2,1-2H3. The number of rotatable bonds is 6. The molecule has 0 radical (unpaired) electrons. The van der Waals surface area contributed by atoms with Crippen molar-refractivity contribution in [2.24, 2.45) is 5.92 Å². The second-order valence-corrected chi connectivity index (χ2v) is 12.2. The van der Waals surface area contributed by atoms with E-state index in [1.165, 1.54) is 0 Å². The Morgan fingerprint density at radius 3 is 2.48 bits per heavy atom. The highest BCUT2D eigenvalue weighted by atomic mass is 32.2. The maximum Gasteiger partial charge on any atom is 0.253 e. The van der Waals surface area contributed by atoms with Crippen LogP contribution in [0.1, 0.15) is 23.2 Å². The average molecular weight is 488 g/mol. The average Bonchev–Trinajstić information content (AvgIpc) is 2.84. The fourth-order valence-corrected chi connectivity index (χ4v) is 7.37. The second kappa shape index (κ2) is 10.6. The molecule has 2 aromatic rings. The van der Waals surface area contributed by atoms with Crippen LogP contribution in [-0.2, 0) is 10.0 Å². The molecule has 0 aliphatic carbocycles. The quantitative estimate of drug-likeness (QED) is 0.624. The van der Waals surface area contributed by atoms with E-state index in [1.54, 1.807) is 33.1 Å². The highest BCUT2D eigenvalue weighted by molar-refractivity contribution is 7.99. The molecule has 2 heterocycles. The minimum atomic E-state index is -3.67. The Balaban J connectivity index is 1.66. The van der Waals surface area contributed by atoms with Crippen molar-refractivity contribution in [2.45, 2.75) is 17.7 Å². The Morgan fingerprint density at radius 1 is 1.06 bits per heavy atom. The molecule has 33 heavy (non-hydrogen) atoms. The number of hydrogen-bond acceptors (Lipinski definition) is 5. The zero-order valence-electron chi connectivity index (χ0n) is 19.4. The van der Waals surface area contributed by atoms with Crippen LogP contribution in [0, 0.1) is 5.92 Å². The fraction of sp³-hybridized carbons (Fsp3) is 0.480. The molecule has 2 aliphatic heterocycles. The number of nitrogens with zero attached hydrogens (tertiary/aromatic N) is 3. The lowest BCUT2D eigenvalue weighted by atomic mass is 9.97. The minimum Gasteiger partial charge on any atom is -0.341 e. The number of piperidine rings is 1. The van der Waals surface area contributed by atoms with Gasteiger partial charge in [0.1, 0.15) is 0 Å². The van der Waals surface area contributed by atoms with Crippen LogP contribution >= 0.6 is 11.8 Å². The van der Waals surface area contributed by atoms with Crippen LogP contribution in [0.5, 0.6) is 0 Å². The summed E-state index contributed by atoms with van der Waals surface area (Å²) in [5, 5.41) is 0. The lowest BCUT2D eigenvalue weighted by Gasteiger charge is -2.32. The summed E-state index contributed by atoms with van der Waals surface area (Å²) in [5.41, 5.74) is 2.07. The van der Waals surface area contributed by atoms with Crippen LogP contribution in [0.4, 0.5) is 0 Å². The smallest absolute Gasteiger partial charge is 0.253 e. The monoisotopic (exact) mass is 487 g/mol. The summed E-state index contributed by atoms with van der Waals surface area (Å²) < 4.78 is 28.5. The number of amides is 1. The van der Waals surface area contributed by atoms with E-state index in [9.17, 15) is 13.2 Å². The number of carbonyl (C=O) groups is 1. The number of hydrogen-bond donors (Lipinski definition) is 0. The highest BCUT2D eigenvalue weighted by Gasteiger charge is 2.28. The lowest BCUT2D eigenvalue weighted by Crippen LogP contribution is -2.40. The van der Waals surface area contributed by atoms with Gasteiger partial charge in [-0.2, -0.15) is 16.1 Å². The van der Waals surface area contributed by atoms with E-state index in [0.29, 0.717) is 31.1 Å². The molecular formula is C25H33N3O3S2. The van der Waals surface area contributed by atoms with Crippen molar-refractivity contribution in [3.05, 3.63) is 54.1 Å². The van der Waals surface area contributed by atoms with E-state index in [2.05, 4.69) is 11.9 Å². The van der Waals surface area contributed by atoms with Crippen LogP contribution in [0.15, 0.2) is 53.4 Å². The third-order valence-electron chi connectivity index (χ3n) is 6.47. The van der Waals surface area contributed by atoms with E-state index >= 15 is 0 Å². The van der Waals surface area contributed by atoms with Gasteiger partial charge < -0.3 is 9.80 Å². The third-order valence-corrected chi connectivity index (χ3v) is 9.29. The maximum absolute atomic E-state index is 13.5. The first-order valence-electron chi connectivity index (χ1n) is 11.6. The highest BCUT2D eigenvalue weighted by Crippen LogP contribution is 2.28. The van der Waals surface area contributed by atoms with Gasteiger partial charge in [0, 0.05) is 50.3 Å². The maximum atomic E-state index is 13.5. The lowest BCUT2D eigenvalue weighted by molar-refractivity contribution is 0.0740. The van der Waals surface area contributed by atoms with Crippen LogP contribution in [0.3, 0.4) is 0 Å². The first-order valence-corrected chi connectivity index (χ1v) is 14.2. The van der Waals surface area contributed by atoms with E-state index in [0.717, 1.165) is 48.6 Å². The summed E-state index contributed by atoms with van der Waals surface area (Å²) in [6.07, 6.45) is 2.25. The molecule has 0 saturated carbocycles. The Kier molecular flexibility index (Phi) is 7.79. The molecule has 4 rings (SSSR count). The topological polar surface area (TPSA) is 60.9 Å². The van der Waals surface area contributed by atoms with E-state index in [4.69, 9.17) is 0 Å². The summed E-state index contributed by atoms with van der Waals surface area (Å²) in [6, 6.07) is 14.8. The third kappa shape index (κ3) is 5.80. The number of carbonyl (C=O) groups excluding carboxylic acids is 1. The molecule has 8 heteroatoms. The first-order chi connectivity index (χ1) is 15.8.